The quantitative estimate of drug-likeness (QED) is 0.587. The zero-order valence-corrected chi connectivity index (χ0v) is 10.1. The molecule has 0 aliphatic carbocycles. The molecule has 0 radical (unpaired) electrons. The van der Waals surface area contributed by atoms with Crippen molar-refractivity contribution in [2.45, 2.75) is 4.90 Å². The summed E-state index contributed by atoms with van der Waals surface area (Å²) in [6, 6.07) is 3.06. The van der Waals surface area contributed by atoms with Crippen molar-refractivity contribution < 1.29 is 22.9 Å². The number of carbonyl (C=O) groups excluding carboxylic acids is 1. The van der Waals surface area contributed by atoms with Crippen LogP contribution in [0.1, 0.15) is 0 Å². The number of sulfone groups is 1. The predicted octanol–water partition coefficient (Wildman–Crippen LogP) is -0.138. The maximum absolute atomic E-state index is 11.3. The molecular formula is C9H10N2O6S. The highest BCUT2D eigenvalue weighted by Gasteiger charge is 2.19. The number of rotatable bonds is 5. The Bertz CT molecular complexity index is 595. The lowest BCUT2D eigenvalue weighted by Crippen LogP contribution is -2.20. The Hall–Kier alpha value is -2.16. The number of primary amides is 1. The van der Waals surface area contributed by atoms with Gasteiger partial charge in [-0.05, 0) is 6.07 Å². The molecule has 0 spiro atoms. The number of hydrogen-bond donors (Lipinski definition) is 1. The average molecular weight is 274 g/mol. The molecule has 1 rings (SSSR count). The lowest BCUT2D eigenvalue weighted by Gasteiger charge is -2.06. The molecule has 2 N–H and O–H groups in total. The molecule has 0 aliphatic heterocycles. The normalized spacial score (nSPS) is 10.9. The lowest BCUT2D eigenvalue weighted by molar-refractivity contribution is -0.385. The highest BCUT2D eigenvalue weighted by Crippen LogP contribution is 2.29. The first-order valence-corrected chi connectivity index (χ1v) is 6.50. The summed E-state index contributed by atoms with van der Waals surface area (Å²) in [6.45, 7) is -0.575. The van der Waals surface area contributed by atoms with E-state index in [4.69, 9.17) is 10.5 Å². The van der Waals surface area contributed by atoms with E-state index < -0.39 is 33.0 Å². The van der Waals surface area contributed by atoms with Gasteiger partial charge in [-0.3, -0.25) is 14.9 Å². The molecule has 0 heterocycles. The summed E-state index contributed by atoms with van der Waals surface area (Å²) in [4.78, 5) is 20.3. The van der Waals surface area contributed by atoms with Crippen molar-refractivity contribution in [3.05, 3.63) is 28.3 Å². The van der Waals surface area contributed by atoms with Crippen molar-refractivity contribution in [2.24, 2.45) is 5.73 Å². The third-order valence-corrected chi connectivity index (χ3v) is 3.04. The highest BCUT2D eigenvalue weighted by atomic mass is 32.2. The number of amides is 1. The molecule has 0 bridgehead atoms. The van der Waals surface area contributed by atoms with E-state index in [1.165, 1.54) is 0 Å². The molecule has 0 aromatic heterocycles. The number of nitrogens with zero attached hydrogens (tertiary/aromatic N) is 1. The third kappa shape index (κ3) is 3.42. The van der Waals surface area contributed by atoms with Crippen molar-refractivity contribution >= 4 is 21.4 Å². The second-order valence-electron chi connectivity index (χ2n) is 3.41. The Labute approximate surface area is 102 Å². The molecule has 98 valence electrons. The van der Waals surface area contributed by atoms with Crippen molar-refractivity contribution in [2.75, 3.05) is 12.9 Å². The van der Waals surface area contributed by atoms with Gasteiger partial charge >= 0.3 is 5.69 Å². The molecule has 0 saturated carbocycles. The molecule has 8 nitrogen and oxygen atoms in total. The van der Waals surface area contributed by atoms with Gasteiger partial charge in [0.1, 0.15) is 0 Å². The first-order chi connectivity index (χ1) is 8.21. The molecule has 0 atom stereocenters. The number of carbonyl (C=O) groups is 1. The van der Waals surface area contributed by atoms with Gasteiger partial charge in [-0.25, -0.2) is 8.42 Å². The zero-order chi connectivity index (χ0) is 13.9. The van der Waals surface area contributed by atoms with Crippen molar-refractivity contribution in [1.29, 1.82) is 0 Å². The standard InChI is InChI=1S/C9H10N2O6S/c1-18(15,16)6-2-3-7(11(13)14)8(4-6)17-5-9(10)12/h2-4H,5H2,1H3,(H2,10,12). The summed E-state index contributed by atoms with van der Waals surface area (Å²) in [5.74, 6) is -1.14. The van der Waals surface area contributed by atoms with Gasteiger partial charge in [0.15, 0.2) is 22.2 Å². The Morgan fingerprint density at radius 2 is 2.11 bits per heavy atom. The zero-order valence-electron chi connectivity index (χ0n) is 9.32. The van der Waals surface area contributed by atoms with Gasteiger partial charge in [-0.1, -0.05) is 0 Å². The number of nitrogens with two attached hydrogens (primary N) is 1. The van der Waals surface area contributed by atoms with Gasteiger partial charge in [0.05, 0.1) is 9.82 Å². The number of nitro groups is 1. The van der Waals surface area contributed by atoms with E-state index in [1.54, 1.807) is 0 Å². The van der Waals surface area contributed by atoms with Gasteiger partial charge in [-0.15, -0.1) is 0 Å². The largest absolute Gasteiger partial charge is 0.477 e. The molecule has 18 heavy (non-hydrogen) atoms. The minimum atomic E-state index is -3.53. The van der Waals surface area contributed by atoms with Gasteiger partial charge in [0.2, 0.25) is 0 Å². The summed E-state index contributed by atoms with van der Waals surface area (Å²) >= 11 is 0. The molecule has 1 amide bonds. The van der Waals surface area contributed by atoms with Crippen LogP contribution in [-0.4, -0.2) is 32.1 Å². The minimum Gasteiger partial charge on any atom is -0.477 e. The van der Waals surface area contributed by atoms with E-state index in [0.29, 0.717) is 0 Å². The van der Waals surface area contributed by atoms with Crippen molar-refractivity contribution in [3.8, 4) is 5.75 Å². The number of benzene rings is 1. The molecule has 0 unspecified atom stereocenters. The first-order valence-electron chi connectivity index (χ1n) is 4.61. The summed E-state index contributed by atoms with van der Waals surface area (Å²) in [5.41, 5.74) is 4.40. The van der Waals surface area contributed by atoms with Crippen LogP contribution in [-0.2, 0) is 14.6 Å². The van der Waals surface area contributed by atoms with Crippen molar-refractivity contribution in [3.63, 3.8) is 0 Å². The Kier molecular flexibility index (Phi) is 3.86. The number of ether oxygens (including phenoxy) is 1. The van der Waals surface area contributed by atoms with Crippen LogP contribution in [0.15, 0.2) is 23.1 Å². The Balaban J connectivity index is 3.24. The minimum absolute atomic E-state index is 0.146. The smallest absolute Gasteiger partial charge is 0.311 e. The van der Waals surface area contributed by atoms with Gasteiger partial charge in [0, 0.05) is 18.4 Å². The van der Waals surface area contributed by atoms with E-state index in [2.05, 4.69) is 0 Å². The fourth-order valence-corrected chi connectivity index (χ4v) is 1.78. The van der Waals surface area contributed by atoms with Crippen LogP contribution in [0, 0.1) is 10.1 Å². The summed E-state index contributed by atoms with van der Waals surface area (Å²) in [7, 11) is -3.53. The van der Waals surface area contributed by atoms with Crippen molar-refractivity contribution in [1.82, 2.24) is 0 Å². The molecule has 1 aromatic carbocycles. The van der Waals surface area contributed by atoms with Gasteiger partial charge in [0.25, 0.3) is 5.91 Å². The van der Waals surface area contributed by atoms with E-state index in [1.807, 2.05) is 0 Å². The molecule has 9 heteroatoms. The summed E-state index contributed by atoms with van der Waals surface area (Å²) < 4.78 is 27.4. The van der Waals surface area contributed by atoms with Crippen LogP contribution < -0.4 is 10.5 Å². The first kappa shape index (κ1) is 13.9. The molecular weight excluding hydrogens is 264 g/mol. The molecule has 0 saturated heterocycles. The summed E-state index contributed by atoms with van der Waals surface area (Å²) in [6.07, 6.45) is 0.950. The number of hydrogen-bond acceptors (Lipinski definition) is 6. The average Bonchev–Trinajstić information content (AvgIpc) is 2.24. The van der Waals surface area contributed by atoms with E-state index >= 15 is 0 Å². The van der Waals surface area contributed by atoms with Crippen LogP contribution in [0.25, 0.3) is 0 Å². The highest BCUT2D eigenvalue weighted by molar-refractivity contribution is 7.90. The number of nitro benzene ring substituents is 1. The monoisotopic (exact) mass is 274 g/mol. The van der Waals surface area contributed by atoms with E-state index in [9.17, 15) is 23.3 Å². The van der Waals surface area contributed by atoms with Gasteiger partial charge in [-0.2, -0.15) is 0 Å². The maximum atomic E-state index is 11.3. The Morgan fingerprint density at radius 3 is 2.56 bits per heavy atom. The van der Waals surface area contributed by atoms with Crippen LogP contribution in [0.3, 0.4) is 0 Å². The van der Waals surface area contributed by atoms with Gasteiger partial charge < -0.3 is 10.5 Å². The van der Waals surface area contributed by atoms with Crippen LogP contribution in [0.5, 0.6) is 5.75 Å². The Morgan fingerprint density at radius 1 is 1.50 bits per heavy atom. The maximum Gasteiger partial charge on any atom is 0.311 e. The second-order valence-corrected chi connectivity index (χ2v) is 5.43. The molecule has 0 aliphatic rings. The second kappa shape index (κ2) is 5.00. The van der Waals surface area contributed by atoms with E-state index in [0.717, 1.165) is 24.5 Å². The topological polar surface area (TPSA) is 130 Å². The van der Waals surface area contributed by atoms with Crippen LogP contribution in [0.4, 0.5) is 5.69 Å². The molecule has 1 aromatic rings. The fraction of sp³-hybridized carbons (Fsp3) is 0.222. The van der Waals surface area contributed by atoms with E-state index in [-0.39, 0.29) is 10.6 Å². The fourth-order valence-electron chi connectivity index (χ4n) is 1.14. The van der Waals surface area contributed by atoms with Crippen LogP contribution >= 0.6 is 0 Å². The summed E-state index contributed by atoms with van der Waals surface area (Å²) in [5, 5.41) is 10.7. The lowest BCUT2D eigenvalue weighted by atomic mass is 10.3. The SMILES string of the molecule is CS(=O)(=O)c1ccc([N+](=O)[O-])c(OCC(N)=O)c1. The molecule has 0 fully saturated rings. The predicted molar refractivity (Wildman–Crippen MR) is 60.9 cm³/mol. The third-order valence-electron chi connectivity index (χ3n) is 1.93. The van der Waals surface area contributed by atoms with Crippen LogP contribution in [0.2, 0.25) is 0 Å².